The third kappa shape index (κ3) is 3.66. The molecule has 3 rings (SSSR count). The molecule has 7 nitrogen and oxygen atoms in total. The number of amides is 1. The van der Waals surface area contributed by atoms with Crippen molar-refractivity contribution in [2.75, 3.05) is 12.4 Å². The topological polar surface area (TPSA) is 90.7 Å². The Morgan fingerprint density at radius 3 is 2.52 bits per heavy atom. The van der Waals surface area contributed by atoms with Gasteiger partial charge in [0.25, 0.3) is 5.69 Å². The number of nitrogens with one attached hydrogen (secondary N) is 1. The van der Waals surface area contributed by atoms with Gasteiger partial charge in [-0.3, -0.25) is 15.4 Å². The number of hydrogen-bond acceptors (Lipinski definition) is 5. The van der Waals surface area contributed by atoms with Crippen molar-refractivity contribution in [3.8, 4) is 11.5 Å². The van der Waals surface area contributed by atoms with Gasteiger partial charge in [-0.25, -0.2) is 4.79 Å². The fourth-order valence-electron chi connectivity index (χ4n) is 2.37. The van der Waals surface area contributed by atoms with E-state index >= 15 is 0 Å². The van der Waals surface area contributed by atoms with Gasteiger partial charge in [-0.15, -0.1) is 0 Å². The second kappa shape index (κ2) is 6.88. The van der Waals surface area contributed by atoms with Crippen molar-refractivity contribution in [1.82, 2.24) is 0 Å². The highest BCUT2D eigenvalue weighted by Crippen LogP contribution is 2.29. The van der Waals surface area contributed by atoms with E-state index in [-0.39, 0.29) is 17.1 Å². The highest BCUT2D eigenvalue weighted by Gasteiger charge is 2.14. The summed E-state index contributed by atoms with van der Waals surface area (Å²) >= 11 is 0. The molecular formula is C18H14N2O5. The van der Waals surface area contributed by atoms with Crippen LogP contribution >= 0.6 is 0 Å². The number of hydrogen-bond donors (Lipinski definition) is 1. The van der Waals surface area contributed by atoms with Crippen LogP contribution in [-0.4, -0.2) is 18.1 Å². The molecule has 0 unspecified atom stereocenters. The number of fused-ring (bicyclic) bond motifs is 1. The largest absolute Gasteiger partial charge is 0.494 e. The van der Waals surface area contributed by atoms with Gasteiger partial charge in [0.05, 0.1) is 23.8 Å². The van der Waals surface area contributed by atoms with Crippen LogP contribution in [0.25, 0.3) is 10.8 Å². The predicted octanol–water partition coefficient (Wildman–Crippen LogP) is 4.37. The fourth-order valence-corrected chi connectivity index (χ4v) is 2.37. The minimum atomic E-state index is -0.720. The van der Waals surface area contributed by atoms with E-state index in [4.69, 9.17) is 9.47 Å². The average molecular weight is 338 g/mol. The lowest BCUT2D eigenvalue weighted by Gasteiger charge is -2.10. The monoisotopic (exact) mass is 338 g/mol. The third-order valence-electron chi connectivity index (χ3n) is 3.56. The number of non-ortho nitro benzene ring substituents is 1. The van der Waals surface area contributed by atoms with E-state index < -0.39 is 11.0 Å². The van der Waals surface area contributed by atoms with E-state index in [0.717, 1.165) is 10.8 Å². The second-order valence-corrected chi connectivity index (χ2v) is 5.17. The summed E-state index contributed by atoms with van der Waals surface area (Å²) in [5.41, 5.74) is 0.143. The first-order chi connectivity index (χ1) is 12.1. The lowest BCUT2D eigenvalue weighted by Crippen LogP contribution is -2.17. The summed E-state index contributed by atoms with van der Waals surface area (Å²) in [6.45, 7) is 0. The smallest absolute Gasteiger partial charge is 0.417 e. The van der Waals surface area contributed by atoms with E-state index in [2.05, 4.69) is 5.32 Å². The molecule has 0 radical (unpaired) electrons. The summed E-state index contributed by atoms with van der Waals surface area (Å²) in [7, 11) is 1.36. The van der Waals surface area contributed by atoms with Gasteiger partial charge in [-0.2, -0.15) is 0 Å². The lowest BCUT2D eigenvalue weighted by molar-refractivity contribution is -0.384. The molecule has 0 bridgehead atoms. The van der Waals surface area contributed by atoms with Gasteiger partial charge in [0.15, 0.2) is 0 Å². The van der Waals surface area contributed by atoms with Crippen molar-refractivity contribution < 1.29 is 19.2 Å². The number of carbonyl (C=O) groups excluding carboxylic acids is 1. The van der Waals surface area contributed by atoms with Crippen LogP contribution in [0.2, 0.25) is 0 Å². The zero-order chi connectivity index (χ0) is 17.8. The van der Waals surface area contributed by atoms with Crippen LogP contribution < -0.4 is 14.8 Å². The van der Waals surface area contributed by atoms with Crippen LogP contribution in [0.4, 0.5) is 16.2 Å². The number of nitrogens with zero attached hydrogens (tertiary/aromatic N) is 1. The first-order valence-electron chi connectivity index (χ1n) is 7.37. The summed E-state index contributed by atoms with van der Waals surface area (Å²) in [6, 6.07) is 16.9. The molecule has 0 aliphatic rings. The SMILES string of the molecule is COc1cc([N+](=O)[O-])ccc1NC(=O)Oc1ccc2ccccc2c1. The van der Waals surface area contributed by atoms with Crippen LogP contribution in [0.5, 0.6) is 11.5 Å². The molecule has 0 atom stereocenters. The van der Waals surface area contributed by atoms with E-state index in [1.165, 1.54) is 25.3 Å². The van der Waals surface area contributed by atoms with Crippen molar-refractivity contribution in [2.24, 2.45) is 0 Å². The molecule has 0 fully saturated rings. The van der Waals surface area contributed by atoms with Crippen LogP contribution in [-0.2, 0) is 0 Å². The highest BCUT2D eigenvalue weighted by molar-refractivity contribution is 5.90. The maximum atomic E-state index is 12.1. The summed E-state index contributed by atoms with van der Waals surface area (Å²) in [4.78, 5) is 22.3. The molecular weight excluding hydrogens is 324 g/mol. The molecule has 0 saturated heterocycles. The molecule has 0 saturated carbocycles. The number of anilines is 1. The van der Waals surface area contributed by atoms with E-state index in [9.17, 15) is 14.9 Å². The van der Waals surface area contributed by atoms with Gasteiger partial charge in [0, 0.05) is 6.07 Å². The Hall–Kier alpha value is -3.61. The van der Waals surface area contributed by atoms with Crippen molar-refractivity contribution in [3.05, 3.63) is 70.8 Å². The number of rotatable bonds is 4. The highest BCUT2D eigenvalue weighted by atomic mass is 16.6. The summed E-state index contributed by atoms with van der Waals surface area (Å²) < 4.78 is 10.3. The van der Waals surface area contributed by atoms with Crippen LogP contribution in [0, 0.1) is 10.1 Å². The van der Waals surface area contributed by atoms with Gasteiger partial charge < -0.3 is 9.47 Å². The number of ether oxygens (including phenoxy) is 2. The zero-order valence-corrected chi connectivity index (χ0v) is 13.3. The van der Waals surface area contributed by atoms with E-state index in [1.807, 2.05) is 30.3 Å². The quantitative estimate of drug-likeness (QED) is 0.563. The lowest BCUT2D eigenvalue weighted by atomic mass is 10.1. The number of nitro benzene ring substituents is 1. The molecule has 7 heteroatoms. The Balaban J connectivity index is 1.76. The second-order valence-electron chi connectivity index (χ2n) is 5.17. The normalized spacial score (nSPS) is 10.3. The van der Waals surface area contributed by atoms with E-state index in [0.29, 0.717) is 5.75 Å². The Labute approximate surface area is 142 Å². The molecule has 1 amide bonds. The van der Waals surface area contributed by atoms with Crippen molar-refractivity contribution in [3.63, 3.8) is 0 Å². The standard InChI is InChI=1S/C18H14N2O5/c1-24-17-11-14(20(22)23)7-9-16(17)19-18(21)25-15-8-6-12-4-2-3-5-13(12)10-15/h2-11H,1H3,(H,19,21). The molecule has 0 aliphatic carbocycles. The number of nitro groups is 1. The van der Waals surface area contributed by atoms with Crippen molar-refractivity contribution in [1.29, 1.82) is 0 Å². The first-order valence-corrected chi connectivity index (χ1v) is 7.37. The first kappa shape index (κ1) is 16.3. The minimum Gasteiger partial charge on any atom is -0.494 e. The molecule has 25 heavy (non-hydrogen) atoms. The van der Waals surface area contributed by atoms with Crippen LogP contribution in [0.1, 0.15) is 0 Å². The van der Waals surface area contributed by atoms with Gasteiger partial charge in [0.2, 0.25) is 0 Å². The number of carbonyl (C=O) groups is 1. The Kier molecular flexibility index (Phi) is 4.47. The maximum absolute atomic E-state index is 12.1. The van der Waals surface area contributed by atoms with Gasteiger partial charge >= 0.3 is 6.09 Å². The molecule has 1 N–H and O–H groups in total. The van der Waals surface area contributed by atoms with Gasteiger partial charge in [-0.05, 0) is 29.0 Å². The molecule has 126 valence electrons. The van der Waals surface area contributed by atoms with Crippen LogP contribution in [0.15, 0.2) is 60.7 Å². The Bertz CT molecular complexity index is 955. The molecule has 0 spiro atoms. The van der Waals surface area contributed by atoms with Gasteiger partial charge in [-0.1, -0.05) is 30.3 Å². The summed E-state index contributed by atoms with van der Waals surface area (Å²) in [5, 5.41) is 15.3. The average Bonchev–Trinajstić information content (AvgIpc) is 2.61. The molecule has 3 aromatic carbocycles. The predicted molar refractivity (Wildman–Crippen MR) is 93.2 cm³/mol. The Morgan fingerprint density at radius 1 is 1.04 bits per heavy atom. The minimum absolute atomic E-state index is 0.134. The Morgan fingerprint density at radius 2 is 1.80 bits per heavy atom. The van der Waals surface area contributed by atoms with E-state index in [1.54, 1.807) is 12.1 Å². The zero-order valence-electron chi connectivity index (χ0n) is 13.3. The molecule has 3 aromatic rings. The third-order valence-corrected chi connectivity index (χ3v) is 3.56. The van der Waals surface area contributed by atoms with Crippen LogP contribution in [0.3, 0.4) is 0 Å². The fraction of sp³-hybridized carbons (Fsp3) is 0.0556. The molecule has 0 aromatic heterocycles. The number of methoxy groups -OCH3 is 1. The maximum Gasteiger partial charge on any atom is 0.417 e. The number of benzene rings is 3. The van der Waals surface area contributed by atoms with Crippen molar-refractivity contribution in [2.45, 2.75) is 0 Å². The summed E-state index contributed by atoms with van der Waals surface area (Å²) in [5.74, 6) is 0.557. The van der Waals surface area contributed by atoms with Crippen molar-refractivity contribution >= 4 is 28.2 Å². The van der Waals surface area contributed by atoms with Gasteiger partial charge in [0.1, 0.15) is 11.5 Å². The molecule has 0 heterocycles. The summed E-state index contributed by atoms with van der Waals surface area (Å²) in [6.07, 6.45) is -0.720. The molecule has 0 aliphatic heterocycles.